The van der Waals surface area contributed by atoms with Crippen LogP contribution in [0.25, 0.3) is 0 Å². The standard InChI is InChI=1S/C7H12O2/c1-4-5-9-7(8)6(2)3/h4,7-8H,1-2,5H2,3H3. The lowest BCUT2D eigenvalue weighted by molar-refractivity contribution is -0.0602. The SMILES string of the molecule is C=CCOC(O)C(=C)C. The van der Waals surface area contributed by atoms with Gasteiger partial charge in [0.1, 0.15) is 0 Å². The van der Waals surface area contributed by atoms with Crippen molar-refractivity contribution in [3.63, 3.8) is 0 Å². The van der Waals surface area contributed by atoms with Crippen molar-refractivity contribution in [3.05, 3.63) is 24.8 Å². The molecule has 0 aromatic carbocycles. The molecular weight excluding hydrogens is 116 g/mol. The van der Waals surface area contributed by atoms with E-state index in [4.69, 9.17) is 9.84 Å². The quantitative estimate of drug-likeness (QED) is 0.453. The first-order valence-corrected chi connectivity index (χ1v) is 2.74. The number of ether oxygens (including phenoxy) is 1. The Balaban J connectivity index is 3.37. The molecule has 0 aliphatic rings. The zero-order chi connectivity index (χ0) is 7.28. The minimum Gasteiger partial charge on any atom is -0.364 e. The molecule has 0 rings (SSSR count). The fourth-order valence-electron chi connectivity index (χ4n) is 0.301. The Morgan fingerprint density at radius 1 is 1.89 bits per heavy atom. The van der Waals surface area contributed by atoms with Crippen molar-refractivity contribution in [2.24, 2.45) is 0 Å². The van der Waals surface area contributed by atoms with Crippen LogP contribution in [0.5, 0.6) is 0 Å². The van der Waals surface area contributed by atoms with Gasteiger partial charge in [0, 0.05) is 0 Å². The van der Waals surface area contributed by atoms with Crippen molar-refractivity contribution in [2.45, 2.75) is 13.2 Å². The lowest BCUT2D eigenvalue weighted by Crippen LogP contribution is -2.12. The fourth-order valence-corrected chi connectivity index (χ4v) is 0.301. The topological polar surface area (TPSA) is 29.5 Å². The van der Waals surface area contributed by atoms with Crippen molar-refractivity contribution >= 4 is 0 Å². The molecule has 0 saturated carbocycles. The highest BCUT2D eigenvalue weighted by Crippen LogP contribution is 1.97. The third kappa shape index (κ3) is 3.94. The van der Waals surface area contributed by atoms with E-state index in [0.29, 0.717) is 12.2 Å². The molecule has 0 radical (unpaired) electrons. The van der Waals surface area contributed by atoms with Crippen molar-refractivity contribution in [1.82, 2.24) is 0 Å². The van der Waals surface area contributed by atoms with Gasteiger partial charge in [0.25, 0.3) is 0 Å². The van der Waals surface area contributed by atoms with Crippen LogP contribution in [0.1, 0.15) is 6.92 Å². The summed E-state index contributed by atoms with van der Waals surface area (Å²) >= 11 is 0. The number of aliphatic hydroxyl groups is 1. The second-order valence-corrected chi connectivity index (χ2v) is 1.82. The molecule has 0 heterocycles. The highest BCUT2D eigenvalue weighted by Gasteiger charge is 2.00. The van der Waals surface area contributed by atoms with E-state index in [1.54, 1.807) is 13.0 Å². The fraction of sp³-hybridized carbons (Fsp3) is 0.429. The molecule has 1 atom stereocenters. The van der Waals surface area contributed by atoms with Gasteiger partial charge in [-0.25, -0.2) is 0 Å². The monoisotopic (exact) mass is 128 g/mol. The zero-order valence-electron chi connectivity index (χ0n) is 5.63. The Kier molecular flexibility index (Phi) is 4.01. The van der Waals surface area contributed by atoms with Gasteiger partial charge >= 0.3 is 0 Å². The molecule has 2 heteroatoms. The summed E-state index contributed by atoms with van der Waals surface area (Å²) in [6, 6.07) is 0. The predicted molar refractivity (Wildman–Crippen MR) is 37.0 cm³/mol. The van der Waals surface area contributed by atoms with E-state index >= 15 is 0 Å². The molecule has 9 heavy (non-hydrogen) atoms. The Morgan fingerprint density at radius 3 is 2.78 bits per heavy atom. The average Bonchev–Trinajstić information content (AvgIpc) is 1.82. The molecule has 2 nitrogen and oxygen atoms in total. The largest absolute Gasteiger partial charge is 0.364 e. The van der Waals surface area contributed by atoms with Crippen LogP contribution < -0.4 is 0 Å². The molecule has 0 fully saturated rings. The summed E-state index contributed by atoms with van der Waals surface area (Å²) in [7, 11) is 0. The Labute approximate surface area is 55.5 Å². The minimum absolute atomic E-state index is 0.355. The summed E-state index contributed by atoms with van der Waals surface area (Å²) in [6.45, 7) is 8.98. The molecular formula is C7H12O2. The van der Waals surface area contributed by atoms with E-state index < -0.39 is 6.29 Å². The van der Waals surface area contributed by atoms with Gasteiger partial charge in [0.2, 0.25) is 0 Å². The number of rotatable bonds is 4. The van der Waals surface area contributed by atoms with Gasteiger partial charge < -0.3 is 9.84 Å². The van der Waals surface area contributed by atoms with Crippen molar-refractivity contribution in [3.8, 4) is 0 Å². The molecule has 1 N–H and O–H groups in total. The molecule has 0 aliphatic carbocycles. The summed E-state index contributed by atoms with van der Waals surface area (Å²) in [6.07, 6.45) is 0.731. The van der Waals surface area contributed by atoms with Gasteiger partial charge in [-0.2, -0.15) is 0 Å². The Morgan fingerprint density at radius 2 is 2.44 bits per heavy atom. The highest BCUT2D eigenvalue weighted by atomic mass is 16.6. The van der Waals surface area contributed by atoms with E-state index in [1.807, 2.05) is 0 Å². The second kappa shape index (κ2) is 4.30. The Bertz CT molecular complexity index is 107. The second-order valence-electron chi connectivity index (χ2n) is 1.82. The van der Waals surface area contributed by atoms with Crippen LogP contribution in [-0.4, -0.2) is 18.0 Å². The molecule has 52 valence electrons. The smallest absolute Gasteiger partial charge is 0.176 e. The third-order valence-corrected chi connectivity index (χ3v) is 0.794. The van der Waals surface area contributed by atoms with Crippen molar-refractivity contribution in [2.75, 3.05) is 6.61 Å². The first-order valence-electron chi connectivity index (χ1n) is 2.74. The molecule has 0 amide bonds. The highest BCUT2D eigenvalue weighted by molar-refractivity contribution is 4.91. The van der Waals surface area contributed by atoms with Gasteiger partial charge in [-0.15, -0.1) is 6.58 Å². The predicted octanol–water partition coefficient (Wildman–Crippen LogP) is 1.08. The van der Waals surface area contributed by atoms with Gasteiger partial charge in [-0.1, -0.05) is 12.7 Å². The van der Waals surface area contributed by atoms with E-state index in [2.05, 4.69) is 13.2 Å². The summed E-state index contributed by atoms with van der Waals surface area (Å²) in [5.74, 6) is 0. The van der Waals surface area contributed by atoms with Crippen LogP contribution in [0.15, 0.2) is 24.8 Å². The van der Waals surface area contributed by atoms with Crippen LogP contribution in [0.4, 0.5) is 0 Å². The van der Waals surface area contributed by atoms with Crippen LogP contribution in [0, 0.1) is 0 Å². The lowest BCUT2D eigenvalue weighted by Gasteiger charge is -2.08. The van der Waals surface area contributed by atoms with Crippen molar-refractivity contribution < 1.29 is 9.84 Å². The summed E-state index contributed by atoms with van der Waals surface area (Å²) in [5, 5.41) is 8.89. The maximum absolute atomic E-state index is 8.89. The van der Waals surface area contributed by atoms with Crippen LogP contribution in [-0.2, 0) is 4.74 Å². The minimum atomic E-state index is -0.844. The molecule has 0 bridgehead atoms. The van der Waals surface area contributed by atoms with Crippen LogP contribution >= 0.6 is 0 Å². The zero-order valence-corrected chi connectivity index (χ0v) is 5.63. The number of hydrogen-bond donors (Lipinski definition) is 1. The normalized spacial score (nSPS) is 12.7. The number of hydrogen-bond acceptors (Lipinski definition) is 2. The van der Waals surface area contributed by atoms with Gasteiger partial charge in [-0.3, -0.25) is 0 Å². The molecule has 0 saturated heterocycles. The molecule has 0 spiro atoms. The first-order chi connectivity index (χ1) is 4.18. The van der Waals surface area contributed by atoms with E-state index in [-0.39, 0.29) is 0 Å². The molecule has 0 aliphatic heterocycles. The molecule has 0 aromatic heterocycles. The van der Waals surface area contributed by atoms with Gasteiger partial charge in [-0.05, 0) is 12.5 Å². The van der Waals surface area contributed by atoms with E-state index in [1.165, 1.54) is 0 Å². The van der Waals surface area contributed by atoms with Gasteiger partial charge in [0.05, 0.1) is 6.61 Å². The lowest BCUT2D eigenvalue weighted by atomic mass is 10.3. The van der Waals surface area contributed by atoms with E-state index in [0.717, 1.165) is 0 Å². The summed E-state index contributed by atoms with van der Waals surface area (Å²) in [5.41, 5.74) is 0.608. The third-order valence-electron chi connectivity index (χ3n) is 0.794. The maximum atomic E-state index is 8.89. The van der Waals surface area contributed by atoms with E-state index in [9.17, 15) is 0 Å². The molecule has 1 unspecified atom stereocenters. The summed E-state index contributed by atoms with van der Waals surface area (Å²) in [4.78, 5) is 0. The van der Waals surface area contributed by atoms with Crippen LogP contribution in [0.2, 0.25) is 0 Å². The molecule has 0 aromatic rings. The maximum Gasteiger partial charge on any atom is 0.176 e. The Hall–Kier alpha value is -0.600. The number of aliphatic hydroxyl groups excluding tert-OH is 1. The average molecular weight is 128 g/mol. The van der Waals surface area contributed by atoms with Crippen molar-refractivity contribution in [1.29, 1.82) is 0 Å². The summed E-state index contributed by atoms with van der Waals surface area (Å²) < 4.78 is 4.79. The van der Waals surface area contributed by atoms with Crippen LogP contribution in [0.3, 0.4) is 0 Å². The first kappa shape index (κ1) is 8.40. The van der Waals surface area contributed by atoms with Gasteiger partial charge in [0.15, 0.2) is 6.29 Å².